The minimum Gasteiger partial charge on any atom is -0.463 e. The van der Waals surface area contributed by atoms with Gasteiger partial charge in [0.05, 0.1) is 22.9 Å². The molecule has 1 atom stereocenters. The molecule has 0 bridgehead atoms. The van der Waals surface area contributed by atoms with Crippen molar-refractivity contribution in [3.05, 3.63) is 83.8 Å². The van der Waals surface area contributed by atoms with Crippen molar-refractivity contribution in [2.24, 2.45) is 5.10 Å². The summed E-state index contributed by atoms with van der Waals surface area (Å²) in [6.07, 6.45) is 1.96. The third-order valence-electron chi connectivity index (χ3n) is 4.93. The number of benzene rings is 2. The summed E-state index contributed by atoms with van der Waals surface area (Å²) in [4.78, 5) is 12.4. The van der Waals surface area contributed by atoms with Crippen LogP contribution in [0, 0.1) is 6.92 Å². The number of hydrogen-bond acceptors (Lipinski definition) is 5. The first-order valence-electron chi connectivity index (χ1n) is 9.45. The quantitative estimate of drug-likeness (QED) is 0.669. The van der Waals surface area contributed by atoms with Crippen molar-refractivity contribution in [2.75, 3.05) is 4.72 Å². The van der Waals surface area contributed by atoms with Gasteiger partial charge in [0.1, 0.15) is 11.5 Å². The molecule has 8 heteroatoms. The number of hydrogen-bond donors (Lipinski definition) is 1. The molecule has 1 aliphatic heterocycles. The zero-order chi connectivity index (χ0) is 21.3. The molecular weight excluding hydrogens is 402 g/mol. The number of rotatable bonds is 5. The number of anilines is 1. The molecule has 0 spiro atoms. The van der Waals surface area contributed by atoms with Gasteiger partial charge in [0, 0.05) is 18.9 Å². The number of amides is 1. The largest absolute Gasteiger partial charge is 0.463 e. The van der Waals surface area contributed by atoms with Gasteiger partial charge in [-0.1, -0.05) is 35.9 Å². The summed E-state index contributed by atoms with van der Waals surface area (Å²) in [5, 5.41) is 5.79. The van der Waals surface area contributed by atoms with Crippen LogP contribution in [0.15, 0.2) is 81.3 Å². The lowest BCUT2D eigenvalue weighted by Crippen LogP contribution is -2.25. The summed E-state index contributed by atoms with van der Waals surface area (Å²) in [6, 6.07) is 16.8. The van der Waals surface area contributed by atoms with Gasteiger partial charge in [0.15, 0.2) is 0 Å². The van der Waals surface area contributed by atoms with E-state index in [0.717, 1.165) is 5.56 Å². The third-order valence-corrected chi connectivity index (χ3v) is 6.32. The van der Waals surface area contributed by atoms with Crippen molar-refractivity contribution in [1.82, 2.24) is 5.01 Å². The second kappa shape index (κ2) is 7.79. The summed E-state index contributed by atoms with van der Waals surface area (Å²) >= 11 is 0. The van der Waals surface area contributed by atoms with Gasteiger partial charge in [-0.05, 0) is 37.3 Å². The molecule has 4 rings (SSSR count). The average molecular weight is 423 g/mol. The number of nitrogens with one attached hydrogen (secondary N) is 1. The van der Waals surface area contributed by atoms with Crippen LogP contribution in [-0.4, -0.2) is 25.0 Å². The molecule has 3 aromatic rings. The lowest BCUT2D eigenvalue weighted by atomic mass is 9.99. The van der Waals surface area contributed by atoms with E-state index >= 15 is 0 Å². The fraction of sp³-hybridized carbons (Fsp3) is 0.182. The molecular formula is C22H21N3O4S. The second-order valence-corrected chi connectivity index (χ2v) is 8.80. The SMILES string of the molecule is CC(=O)N1N=C(c2ccco2)C[C@H]1c1ccccc1NS(=O)(=O)c1ccc(C)cc1. The molecule has 0 radical (unpaired) electrons. The molecule has 0 aliphatic carbocycles. The second-order valence-electron chi connectivity index (χ2n) is 7.11. The van der Waals surface area contributed by atoms with Gasteiger partial charge in [0.25, 0.3) is 10.0 Å². The van der Waals surface area contributed by atoms with E-state index in [4.69, 9.17) is 4.42 Å². The van der Waals surface area contributed by atoms with Crippen LogP contribution < -0.4 is 4.72 Å². The van der Waals surface area contributed by atoms with E-state index in [1.165, 1.54) is 11.9 Å². The van der Waals surface area contributed by atoms with Crippen LogP contribution in [-0.2, 0) is 14.8 Å². The Morgan fingerprint density at radius 3 is 2.50 bits per heavy atom. The molecule has 1 aromatic heterocycles. The first kappa shape index (κ1) is 19.9. The van der Waals surface area contributed by atoms with Crippen LogP contribution in [0.5, 0.6) is 0 Å². The van der Waals surface area contributed by atoms with Gasteiger partial charge in [-0.15, -0.1) is 0 Å². The predicted octanol–water partition coefficient (Wildman–Crippen LogP) is 4.09. The third kappa shape index (κ3) is 3.86. The van der Waals surface area contributed by atoms with Gasteiger partial charge in [0.2, 0.25) is 5.91 Å². The molecule has 1 N–H and O–H groups in total. The molecule has 2 heterocycles. The maximum absolute atomic E-state index is 12.9. The Bertz CT molecular complexity index is 1200. The van der Waals surface area contributed by atoms with Crippen LogP contribution in [0.1, 0.15) is 36.3 Å². The van der Waals surface area contributed by atoms with Gasteiger partial charge in [-0.2, -0.15) is 5.10 Å². The van der Waals surface area contributed by atoms with E-state index in [2.05, 4.69) is 9.82 Å². The van der Waals surface area contributed by atoms with E-state index in [9.17, 15) is 13.2 Å². The highest BCUT2D eigenvalue weighted by molar-refractivity contribution is 7.92. The molecule has 7 nitrogen and oxygen atoms in total. The zero-order valence-corrected chi connectivity index (χ0v) is 17.4. The van der Waals surface area contributed by atoms with Crippen LogP contribution in [0.2, 0.25) is 0 Å². The smallest absolute Gasteiger partial charge is 0.261 e. The van der Waals surface area contributed by atoms with Crippen molar-refractivity contribution in [3.8, 4) is 0 Å². The average Bonchev–Trinajstić information content (AvgIpc) is 3.38. The van der Waals surface area contributed by atoms with Crippen molar-refractivity contribution < 1.29 is 17.6 Å². The highest BCUT2D eigenvalue weighted by Crippen LogP contribution is 2.37. The summed E-state index contributed by atoms with van der Waals surface area (Å²) in [5.41, 5.74) is 2.68. The molecule has 154 valence electrons. The minimum atomic E-state index is -3.79. The normalized spacial score (nSPS) is 16.4. The molecule has 0 fully saturated rings. The van der Waals surface area contributed by atoms with Crippen LogP contribution >= 0.6 is 0 Å². The molecule has 1 amide bonds. The number of hydrazone groups is 1. The maximum atomic E-state index is 12.9. The lowest BCUT2D eigenvalue weighted by molar-refractivity contribution is -0.130. The van der Waals surface area contributed by atoms with Crippen molar-refractivity contribution in [3.63, 3.8) is 0 Å². The first-order valence-corrected chi connectivity index (χ1v) is 10.9. The number of sulfonamides is 1. The van der Waals surface area contributed by atoms with Crippen LogP contribution in [0.4, 0.5) is 5.69 Å². The lowest BCUT2D eigenvalue weighted by Gasteiger charge is -2.23. The number of carbonyl (C=O) groups excluding carboxylic acids is 1. The molecule has 2 aromatic carbocycles. The molecule has 0 unspecified atom stereocenters. The fourth-order valence-corrected chi connectivity index (χ4v) is 4.52. The topological polar surface area (TPSA) is 92.0 Å². The van der Waals surface area contributed by atoms with Crippen molar-refractivity contribution in [1.29, 1.82) is 0 Å². The standard InChI is InChI=1S/C22H21N3O4S/c1-15-9-11-17(12-10-15)30(27,28)24-19-7-4-3-6-18(19)21-14-20(22-8-5-13-29-22)23-25(21)16(2)26/h3-13,21,24H,14H2,1-2H3/t21-/m0/s1. The monoisotopic (exact) mass is 423 g/mol. The zero-order valence-electron chi connectivity index (χ0n) is 16.6. The first-order chi connectivity index (χ1) is 14.3. The number of carbonyl (C=O) groups is 1. The minimum absolute atomic E-state index is 0.172. The van der Waals surface area contributed by atoms with Crippen LogP contribution in [0.25, 0.3) is 0 Å². The predicted molar refractivity (Wildman–Crippen MR) is 114 cm³/mol. The maximum Gasteiger partial charge on any atom is 0.261 e. The highest BCUT2D eigenvalue weighted by atomic mass is 32.2. The van der Waals surface area contributed by atoms with Crippen molar-refractivity contribution in [2.45, 2.75) is 31.2 Å². The van der Waals surface area contributed by atoms with Gasteiger partial charge < -0.3 is 4.42 Å². The van der Waals surface area contributed by atoms with Gasteiger partial charge >= 0.3 is 0 Å². The highest BCUT2D eigenvalue weighted by Gasteiger charge is 2.34. The summed E-state index contributed by atoms with van der Waals surface area (Å²) in [6.45, 7) is 3.33. The van der Waals surface area contributed by atoms with Gasteiger partial charge in [-0.3, -0.25) is 9.52 Å². The Labute approximate surface area is 175 Å². The van der Waals surface area contributed by atoms with E-state index in [1.807, 2.05) is 13.0 Å². The van der Waals surface area contributed by atoms with E-state index < -0.39 is 16.1 Å². The van der Waals surface area contributed by atoms with E-state index in [1.54, 1.807) is 60.9 Å². The Balaban J connectivity index is 1.68. The molecule has 0 saturated carbocycles. The molecule has 0 saturated heterocycles. The summed E-state index contributed by atoms with van der Waals surface area (Å²) in [7, 11) is -3.79. The Kier molecular flexibility index (Phi) is 5.17. The molecule has 30 heavy (non-hydrogen) atoms. The van der Waals surface area contributed by atoms with Gasteiger partial charge in [-0.25, -0.2) is 13.4 Å². The summed E-state index contributed by atoms with van der Waals surface area (Å²) < 4.78 is 33.9. The fourth-order valence-electron chi connectivity index (χ4n) is 3.44. The number of aryl methyl sites for hydroxylation is 1. The Morgan fingerprint density at radius 1 is 1.10 bits per heavy atom. The number of furan rings is 1. The number of nitrogens with zero attached hydrogens (tertiary/aromatic N) is 2. The number of para-hydroxylation sites is 1. The Morgan fingerprint density at radius 2 is 1.83 bits per heavy atom. The van der Waals surface area contributed by atoms with E-state index in [-0.39, 0.29) is 10.8 Å². The van der Waals surface area contributed by atoms with E-state index in [0.29, 0.717) is 29.1 Å². The molecule has 1 aliphatic rings. The summed E-state index contributed by atoms with van der Waals surface area (Å²) in [5.74, 6) is 0.346. The Hall–Kier alpha value is -3.39. The van der Waals surface area contributed by atoms with Crippen LogP contribution in [0.3, 0.4) is 0 Å². The van der Waals surface area contributed by atoms with Crippen molar-refractivity contribution >= 4 is 27.3 Å².